The van der Waals surface area contributed by atoms with Gasteiger partial charge in [0.15, 0.2) is 11.5 Å². The Labute approximate surface area is 140 Å². The summed E-state index contributed by atoms with van der Waals surface area (Å²) in [6, 6.07) is 2.85. The van der Waals surface area contributed by atoms with Crippen molar-refractivity contribution in [1.82, 2.24) is 10.4 Å². The molecular formula is C17H22N2O5. The number of nitrogens with one attached hydrogen (secondary N) is 1. The van der Waals surface area contributed by atoms with Crippen LogP contribution >= 0.6 is 0 Å². The first kappa shape index (κ1) is 16.6. The molecule has 7 heteroatoms. The highest BCUT2D eigenvalue weighted by Gasteiger charge is 2.38. The summed E-state index contributed by atoms with van der Waals surface area (Å²) in [5.74, 6) is 1.00. The molecule has 3 rings (SSSR count). The van der Waals surface area contributed by atoms with Crippen LogP contribution in [0.3, 0.4) is 0 Å². The van der Waals surface area contributed by atoms with Crippen LogP contribution in [0.2, 0.25) is 0 Å². The highest BCUT2D eigenvalue weighted by atomic mass is 16.5. The van der Waals surface area contributed by atoms with Gasteiger partial charge in [-0.3, -0.25) is 14.8 Å². The lowest BCUT2D eigenvalue weighted by Crippen LogP contribution is -2.57. The number of hydroxylamine groups is 1. The zero-order valence-corrected chi connectivity index (χ0v) is 13.9. The fourth-order valence-electron chi connectivity index (χ4n) is 3.09. The van der Waals surface area contributed by atoms with Gasteiger partial charge in [-0.2, -0.15) is 0 Å². The van der Waals surface area contributed by atoms with Crippen molar-refractivity contribution < 1.29 is 24.3 Å². The molecule has 1 aromatic rings. The number of likely N-dealkylation sites (tertiary alicyclic amines) is 1. The van der Waals surface area contributed by atoms with Gasteiger partial charge in [-0.1, -0.05) is 0 Å². The molecule has 1 saturated carbocycles. The Morgan fingerprint density at radius 1 is 1.25 bits per heavy atom. The second-order valence-electron chi connectivity index (χ2n) is 6.30. The minimum absolute atomic E-state index is 0.243. The Kier molecular flexibility index (Phi) is 4.62. The predicted molar refractivity (Wildman–Crippen MR) is 85.3 cm³/mol. The van der Waals surface area contributed by atoms with Gasteiger partial charge in [0.2, 0.25) is 0 Å². The van der Waals surface area contributed by atoms with Crippen molar-refractivity contribution >= 4 is 11.8 Å². The van der Waals surface area contributed by atoms with Crippen molar-refractivity contribution in [1.29, 1.82) is 0 Å². The van der Waals surface area contributed by atoms with Crippen LogP contribution in [0.5, 0.6) is 11.5 Å². The van der Waals surface area contributed by atoms with Crippen LogP contribution in [-0.4, -0.2) is 48.7 Å². The number of methoxy groups -OCH3 is 2. The average Bonchev–Trinajstić information content (AvgIpc) is 3.36. The molecule has 1 atom stereocenters. The molecule has 2 amide bonds. The summed E-state index contributed by atoms with van der Waals surface area (Å²) in [6.45, 7) is 0.489. The summed E-state index contributed by atoms with van der Waals surface area (Å²) in [6.07, 6.45) is 3.77. The van der Waals surface area contributed by atoms with E-state index in [0.29, 0.717) is 35.9 Å². The molecule has 1 aliphatic heterocycles. The van der Waals surface area contributed by atoms with Crippen molar-refractivity contribution in [3.05, 3.63) is 23.3 Å². The molecular weight excluding hydrogens is 312 g/mol. The Hall–Kier alpha value is -2.28. The lowest BCUT2D eigenvalue weighted by molar-refractivity contribution is -0.137. The third kappa shape index (κ3) is 3.03. The molecule has 2 N–H and O–H groups in total. The molecule has 0 aromatic heterocycles. The van der Waals surface area contributed by atoms with E-state index in [4.69, 9.17) is 14.7 Å². The van der Waals surface area contributed by atoms with Crippen LogP contribution in [0.25, 0.3) is 0 Å². The molecule has 1 unspecified atom stereocenters. The number of benzene rings is 1. The largest absolute Gasteiger partial charge is 0.493 e. The molecule has 130 valence electrons. The van der Waals surface area contributed by atoms with Crippen LogP contribution in [0.1, 0.15) is 35.2 Å². The number of carbonyl (C=O) groups is 2. The molecule has 2 fully saturated rings. The highest BCUT2D eigenvalue weighted by Crippen LogP contribution is 2.40. The normalized spacial score (nSPS) is 19.5. The van der Waals surface area contributed by atoms with E-state index in [1.54, 1.807) is 25.8 Å². The molecule has 1 heterocycles. The van der Waals surface area contributed by atoms with Crippen molar-refractivity contribution in [2.24, 2.45) is 5.92 Å². The molecule has 0 spiro atoms. The maximum absolute atomic E-state index is 12.7. The number of hydrogen-bond acceptors (Lipinski definition) is 5. The third-order valence-electron chi connectivity index (χ3n) is 4.70. The van der Waals surface area contributed by atoms with Crippen molar-refractivity contribution in [3.63, 3.8) is 0 Å². The average molecular weight is 334 g/mol. The molecule has 1 saturated heterocycles. The summed E-state index contributed by atoms with van der Waals surface area (Å²) >= 11 is 0. The number of carbonyl (C=O) groups excluding carboxylic acids is 2. The summed E-state index contributed by atoms with van der Waals surface area (Å²) < 4.78 is 10.8. The summed E-state index contributed by atoms with van der Waals surface area (Å²) in [5.41, 5.74) is 3.03. The molecule has 1 aliphatic carbocycles. The summed E-state index contributed by atoms with van der Waals surface area (Å²) in [7, 11) is 3.13. The van der Waals surface area contributed by atoms with E-state index in [1.807, 2.05) is 6.07 Å². The van der Waals surface area contributed by atoms with Crippen LogP contribution < -0.4 is 15.0 Å². The first-order chi connectivity index (χ1) is 11.6. The smallest absolute Gasteiger partial charge is 0.266 e. The standard InChI is InChI=1S/C17H22N2O5/c1-23-14-9-12(8-11(15(14)24-2)7-10-3-4-10)17(21)19-6-5-13(19)16(20)18-22/h8-10,13,22H,3-7H2,1-2H3,(H,18,20). The molecule has 24 heavy (non-hydrogen) atoms. The minimum atomic E-state index is -0.623. The third-order valence-corrected chi connectivity index (χ3v) is 4.70. The van der Waals surface area contributed by atoms with Gasteiger partial charge in [0.05, 0.1) is 14.2 Å². The van der Waals surface area contributed by atoms with Gasteiger partial charge in [-0.05, 0) is 49.3 Å². The minimum Gasteiger partial charge on any atom is -0.493 e. The number of amides is 2. The van der Waals surface area contributed by atoms with Gasteiger partial charge in [0.25, 0.3) is 11.8 Å². The first-order valence-electron chi connectivity index (χ1n) is 8.08. The topological polar surface area (TPSA) is 88.1 Å². The Bertz CT molecular complexity index is 657. The van der Waals surface area contributed by atoms with Gasteiger partial charge < -0.3 is 14.4 Å². The second kappa shape index (κ2) is 6.68. The van der Waals surface area contributed by atoms with Crippen LogP contribution in [0.15, 0.2) is 12.1 Å². The number of rotatable bonds is 6. The van der Waals surface area contributed by atoms with E-state index in [-0.39, 0.29) is 5.91 Å². The van der Waals surface area contributed by atoms with Crippen LogP contribution in [-0.2, 0) is 11.2 Å². The van der Waals surface area contributed by atoms with Gasteiger partial charge in [-0.15, -0.1) is 0 Å². The van der Waals surface area contributed by atoms with E-state index in [0.717, 1.165) is 12.0 Å². The fourth-order valence-corrected chi connectivity index (χ4v) is 3.09. The molecule has 0 radical (unpaired) electrons. The number of hydrogen-bond donors (Lipinski definition) is 2. The number of ether oxygens (including phenoxy) is 2. The van der Waals surface area contributed by atoms with E-state index in [1.165, 1.54) is 17.7 Å². The van der Waals surface area contributed by atoms with Crippen molar-refractivity contribution in [2.75, 3.05) is 20.8 Å². The monoisotopic (exact) mass is 334 g/mol. The zero-order valence-electron chi connectivity index (χ0n) is 13.9. The SMILES string of the molecule is COc1cc(C(=O)N2CCC2C(=O)NO)cc(CC2CC2)c1OC. The Morgan fingerprint density at radius 2 is 2.00 bits per heavy atom. The molecule has 7 nitrogen and oxygen atoms in total. The lowest BCUT2D eigenvalue weighted by Gasteiger charge is -2.39. The summed E-state index contributed by atoms with van der Waals surface area (Å²) in [5, 5.41) is 8.77. The van der Waals surface area contributed by atoms with E-state index >= 15 is 0 Å². The molecule has 1 aromatic carbocycles. The van der Waals surface area contributed by atoms with Crippen LogP contribution in [0, 0.1) is 5.92 Å². The summed E-state index contributed by atoms with van der Waals surface area (Å²) in [4.78, 5) is 25.8. The second-order valence-corrected chi connectivity index (χ2v) is 6.30. The Morgan fingerprint density at radius 3 is 2.50 bits per heavy atom. The van der Waals surface area contributed by atoms with Crippen molar-refractivity contribution in [2.45, 2.75) is 31.7 Å². The van der Waals surface area contributed by atoms with Crippen LogP contribution in [0.4, 0.5) is 0 Å². The Balaban J connectivity index is 1.89. The van der Waals surface area contributed by atoms with Crippen molar-refractivity contribution in [3.8, 4) is 11.5 Å². The van der Waals surface area contributed by atoms with Gasteiger partial charge >= 0.3 is 0 Å². The zero-order chi connectivity index (χ0) is 17.3. The molecule has 0 bridgehead atoms. The maximum atomic E-state index is 12.7. The lowest BCUT2D eigenvalue weighted by atomic mass is 9.98. The van der Waals surface area contributed by atoms with E-state index < -0.39 is 11.9 Å². The van der Waals surface area contributed by atoms with Gasteiger partial charge in [0.1, 0.15) is 6.04 Å². The van der Waals surface area contributed by atoms with Gasteiger partial charge in [-0.25, -0.2) is 5.48 Å². The molecule has 2 aliphatic rings. The highest BCUT2D eigenvalue weighted by molar-refractivity contribution is 5.99. The van der Waals surface area contributed by atoms with E-state index in [9.17, 15) is 9.59 Å². The van der Waals surface area contributed by atoms with Gasteiger partial charge in [0, 0.05) is 12.1 Å². The van der Waals surface area contributed by atoms with E-state index in [2.05, 4.69) is 0 Å². The predicted octanol–water partition coefficient (Wildman–Crippen LogP) is 1.38. The first-order valence-corrected chi connectivity index (χ1v) is 8.08. The quantitative estimate of drug-likeness (QED) is 0.606. The maximum Gasteiger partial charge on any atom is 0.266 e. The fraction of sp³-hybridized carbons (Fsp3) is 0.529. The number of nitrogens with zero attached hydrogens (tertiary/aromatic N) is 1.